The summed E-state index contributed by atoms with van der Waals surface area (Å²) in [7, 11) is -3.87. The van der Waals surface area contributed by atoms with Crippen LogP contribution >= 0.6 is 0 Å². The van der Waals surface area contributed by atoms with Gasteiger partial charge < -0.3 is 4.90 Å². The minimum Gasteiger partial charge on any atom is -0.324 e. The average Bonchev–Trinajstić information content (AvgIpc) is 2.78. The van der Waals surface area contributed by atoms with Crippen molar-refractivity contribution in [2.75, 3.05) is 13.1 Å². The Kier molecular flexibility index (Phi) is 8.13. The lowest BCUT2D eigenvalue weighted by Gasteiger charge is -2.31. The predicted octanol–water partition coefficient (Wildman–Crippen LogP) is 5.56. The number of sulfonamides is 1. The van der Waals surface area contributed by atoms with E-state index in [1.807, 2.05) is 30.3 Å². The van der Waals surface area contributed by atoms with Crippen molar-refractivity contribution in [3.05, 3.63) is 76.7 Å². The standard InChI is InChI=1S/C26H34N2O3S/c1-20(2)24-11-13-25(14-12-24)21(3)19-32(30,31)27-26(29)28-17-15-23(16-18-28)10-9-22-7-5-4-6-8-22/h4-8,11-14,19-20,23H,9-10,15-18H2,1-3H3,(H,27,29). The molecule has 32 heavy (non-hydrogen) atoms. The Morgan fingerprint density at radius 1 is 1.06 bits per heavy atom. The summed E-state index contributed by atoms with van der Waals surface area (Å²) in [5.41, 5.74) is 3.95. The van der Waals surface area contributed by atoms with Gasteiger partial charge in [-0.1, -0.05) is 68.4 Å². The number of urea groups is 1. The molecule has 0 atom stereocenters. The minimum atomic E-state index is -3.87. The van der Waals surface area contributed by atoms with Crippen molar-refractivity contribution < 1.29 is 13.2 Å². The molecule has 2 aromatic carbocycles. The second kappa shape index (κ2) is 10.8. The molecule has 5 nitrogen and oxygen atoms in total. The van der Waals surface area contributed by atoms with Crippen LogP contribution < -0.4 is 4.72 Å². The molecule has 0 spiro atoms. The van der Waals surface area contributed by atoms with Crippen molar-refractivity contribution in [3.63, 3.8) is 0 Å². The molecule has 1 N–H and O–H groups in total. The predicted molar refractivity (Wildman–Crippen MR) is 131 cm³/mol. The van der Waals surface area contributed by atoms with Crippen molar-refractivity contribution in [2.45, 2.75) is 52.4 Å². The highest BCUT2D eigenvalue weighted by atomic mass is 32.2. The molecular weight excluding hydrogens is 420 g/mol. The fraction of sp³-hybridized carbons (Fsp3) is 0.423. The number of carbonyl (C=O) groups is 1. The molecule has 0 unspecified atom stereocenters. The van der Waals surface area contributed by atoms with E-state index in [1.54, 1.807) is 11.8 Å². The summed E-state index contributed by atoms with van der Waals surface area (Å²) in [4.78, 5) is 14.2. The summed E-state index contributed by atoms with van der Waals surface area (Å²) in [6, 6.07) is 17.7. The van der Waals surface area contributed by atoms with Crippen molar-refractivity contribution in [1.29, 1.82) is 0 Å². The largest absolute Gasteiger partial charge is 0.331 e. The zero-order chi connectivity index (χ0) is 23.1. The molecule has 2 aromatic rings. The second-order valence-electron chi connectivity index (χ2n) is 8.98. The molecule has 1 saturated heterocycles. The van der Waals surface area contributed by atoms with Gasteiger partial charge >= 0.3 is 6.03 Å². The van der Waals surface area contributed by atoms with E-state index in [4.69, 9.17) is 0 Å². The fourth-order valence-electron chi connectivity index (χ4n) is 4.09. The number of aryl methyl sites for hydroxylation is 1. The smallest absolute Gasteiger partial charge is 0.324 e. The van der Waals surface area contributed by atoms with Gasteiger partial charge in [0.2, 0.25) is 0 Å². The normalized spacial score (nSPS) is 15.8. The van der Waals surface area contributed by atoms with E-state index in [1.165, 1.54) is 11.1 Å². The van der Waals surface area contributed by atoms with Gasteiger partial charge in [-0.15, -0.1) is 0 Å². The van der Waals surface area contributed by atoms with Crippen LogP contribution in [0.5, 0.6) is 0 Å². The Balaban J connectivity index is 1.50. The highest BCUT2D eigenvalue weighted by Crippen LogP contribution is 2.23. The molecule has 1 aliphatic heterocycles. The molecule has 3 rings (SSSR count). The van der Waals surface area contributed by atoms with Crippen molar-refractivity contribution in [2.24, 2.45) is 5.92 Å². The Morgan fingerprint density at radius 3 is 2.28 bits per heavy atom. The third-order valence-corrected chi connectivity index (χ3v) is 7.30. The molecular formula is C26H34N2O3S. The Morgan fingerprint density at radius 2 is 1.69 bits per heavy atom. The lowest BCUT2D eigenvalue weighted by atomic mass is 9.91. The maximum atomic E-state index is 12.5. The number of nitrogens with zero attached hydrogens (tertiary/aromatic N) is 1. The third-order valence-electron chi connectivity index (χ3n) is 6.18. The van der Waals surface area contributed by atoms with Gasteiger partial charge in [0.05, 0.1) is 5.41 Å². The molecule has 0 saturated carbocycles. The molecule has 0 aliphatic carbocycles. The van der Waals surface area contributed by atoms with Gasteiger partial charge in [-0.3, -0.25) is 0 Å². The molecule has 6 heteroatoms. The Hall–Kier alpha value is -2.60. The van der Waals surface area contributed by atoms with Crippen LogP contribution in [0.1, 0.15) is 62.6 Å². The van der Waals surface area contributed by atoms with Crippen LogP contribution in [-0.2, 0) is 16.4 Å². The molecule has 2 amide bonds. The number of piperidine rings is 1. The number of allylic oxidation sites excluding steroid dienone is 1. The minimum absolute atomic E-state index is 0.416. The van der Waals surface area contributed by atoms with Crippen LogP contribution in [0, 0.1) is 5.92 Å². The van der Waals surface area contributed by atoms with Gasteiger partial charge in [0.25, 0.3) is 10.0 Å². The van der Waals surface area contributed by atoms with Crippen LogP contribution in [0.4, 0.5) is 4.79 Å². The first-order valence-electron chi connectivity index (χ1n) is 11.4. The van der Waals surface area contributed by atoms with Gasteiger partial charge in [0, 0.05) is 13.1 Å². The van der Waals surface area contributed by atoms with Gasteiger partial charge in [-0.2, -0.15) is 0 Å². The van der Waals surface area contributed by atoms with Crippen LogP contribution in [0.2, 0.25) is 0 Å². The second-order valence-corrected chi connectivity index (χ2v) is 10.5. The van der Waals surface area contributed by atoms with Crippen molar-refractivity contribution in [3.8, 4) is 0 Å². The van der Waals surface area contributed by atoms with E-state index in [2.05, 4.69) is 42.8 Å². The van der Waals surface area contributed by atoms with Crippen LogP contribution in [0.15, 0.2) is 60.0 Å². The first-order valence-corrected chi connectivity index (χ1v) is 12.9. The monoisotopic (exact) mass is 454 g/mol. The summed E-state index contributed by atoms with van der Waals surface area (Å²) in [6.45, 7) is 7.14. The van der Waals surface area contributed by atoms with E-state index in [0.29, 0.717) is 30.5 Å². The number of likely N-dealkylation sites (tertiary alicyclic amines) is 1. The summed E-state index contributed by atoms with van der Waals surface area (Å²) < 4.78 is 27.3. The van der Waals surface area contributed by atoms with Gasteiger partial charge in [-0.05, 0) is 66.7 Å². The molecule has 172 valence electrons. The van der Waals surface area contributed by atoms with E-state index in [-0.39, 0.29) is 0 Å². The number of hydrogen-bond acceptors (Lipinski definition) is 3. The SMILES string of the molecule is CC(=CS(=O)(=O)NC(=O)N1CCC(CCc2ccccc2)CC1)c1ccc(C(C)C)cc1. The maximum absolute atomic E-state index is 12.5. The van der Waals surface area contributed by atoms with Crippen LogP contribution in [0.25, 0.3) is 5.57 Å². The zero-order valence-corrected chi connectivity index (χ0v) is 20.1. The molecule has 0 aromatic heterocycles. The van der Waals surface area contributed by atoms with Crippen LogP contribution in [0.3, 0.4) is 0 Å². The maximum Gasteiger partial charge on any atom is 0.331 e. The topological polar surface area (TPSA) is 66.5 Å². The lowest BCUT2D eigenvalue weighted by molar-refractivity contribution is 0.173. The number of amides is 2. The first kappa shape index (κ1) is 24.1. The summed E-state index contributed by atoms with van der Waals surface area (Å²) in [5, 5.41) is 1.14. The quantitative estimate of drug-likeness (QED) is 0.596. The Bertz CT molecular complexity index is 1020. The van der Waals surface area contributed by atoms with E-state index in [0.717, 1.165) is 36.7 Å². The molecule has 0 bridgehead atoms. The summed E-state index contributed by atoms with van der Waals surface area (Å²) in [6.07, 6.45) is 3.93. The number of rotatable bonds is 7. The van der Waals surface area contributed by atoms with Gasteiger partial charge in [0.1, 0.15) is 0 Å². The van der Waals surface area contributed by atoms with Gasteiger partial charge in [-0.25, -0.2) is 17.9 Å². The zero-order valence-electron chi connectivity index (χ0n) is 19.3. The van der Waals surface area contributed by atoms with Crippen molar-refractivity contribution in [1.82, 2.24) is 9.62 Å². The number of hydrogen-bond donors (Lipinski definition) is 1. The first-order chi connectivity index (χ1) is 15.2. The molecule has 1 fully saturated rings. The third kappa shape index (κ3) is 6.95. The number of nitrogens with one attached hydrogen (secondary N) is 1. The van der Waals surface area contributed by atoms with E-state index < -0.39 is 16.1 Å². The highest BCUT2D eigenvalue weighted by molar-refractivity contribution is 7.93. The molecule has 1 aliphatic rings. The summed E-state index contributed by atoms with van der Waals surface area (Å²) in [5.74, 6) is 0.977. The van der Waals surface area contributed by atoms with Crippen molar-refractivity contribution >= 4 is 21.6 Å². The molecule has 0 radical (unpaired) electrons. The van der Waals surface area contributed by atoms with E-state index >= 15 is 0 Å². The Labute approximate surface area is 192 Å². The average molecular weight is 455 g/mol. The van der Waals surface area contributed by atoms with Crippen LogP contribution in [-0.4, -0.2) is 32.4 Å². The lowest BCUT2D eigenvalue weighted by Crippen LogP contribution is -2.46. The summed E-state index contributed by atoms with van der Waals surface area (Å²) >= 11 is 0. The fourth-order valence-corrected chi connectivity index (χ4v) is 5.12. The van der Waals surface area contributed by atoms with Gasteiger partial charge in [0.15, 0.2) is 0 Å². The number of benzene rings is 2. The number of carbonyl (C=O) groups excluding carboxylic acids is 1. The molecule has 1 heterocycles. The van der Waals surface area contributed by atoms with E-state index in [9.17, 15) is 13.2 Å². The highest BCUT2D eigenvalue weighted by Gasteiger charge is 2.25.